The molecule has 1 nitrogen and oxygen atoms in total. The van der Waals surface area contributed by atoms with Gasteiger partial charge in [0.2, 0.25) is 0 Å². The third kappa shape index (κ3) is 1.32. The fourth-order valence-corrected chi connectivity index (χ4v) is 4.40. The number of Topliss-reactive ketones (excluding diaryl/α,β-unsaturated/α-hetero) is 1. The van der Waals surface area contributed by atoms with Crippen molar-refractivity contribution in [1.29, 1.82) is 0 Å². The van der Waals surface area contributed by atoms with Gasteiger partial charge in [0.05, 0.1) is 0 Å². The summed E-state index contributed by atoms with van der Waals surface area (Å²) >= 11 is 0. The molecule has 0 amide bonds. The maximum atomic E-state index is 11.4. The summed E-state index contributed by atoms with van der Waals surface area (Å²) in [5.41, 5.74) is 0. The largest absolute Gasteiger partial charge is 0.300 e. The highest BCUT2D eigenvalue weighted by Crippen LogP contribution is 2.51. The lowest BCUT2D eigenvalue weighted by atomic mass is 9.62. The third-order valence-corrected chi connectivity index (χ3v) is 5.03. The molecule has 3 aliphatic rings. The highest BCUT2D eigenvalue weighted by molar-refractivity contribution is 5.79. The van der Waals surface area contributed by atoms with Crippen molar-refractivity contribution in [1.82, 2.24) is 0 Å². The van der Waals surface area contributed by atoms with E-state index in [9.17, 15) is 4.79 Å². The van der Waals surface area contributed by atoms with Gasteiger partial charge in [0.1, 0.15) is 5.78 Å². The minimum atomic E-state index is 0.544. The first kappa shape index (κ1) is 8.94. The van der Waals surface area contributed by atoms with Crippen LogP contribution in [0.15, 0.2) is 0 Å². The maximum Gasteiger partial charge on any atom is 0.133 e. The molecule has 78 valence electrons. The van der Waals surface area contributed by atoms with Crippen LogP contribution in [0.3, 0.4) is 0 Å². The summed E-state index contributed by atoms with van der Waals surface area (Å²) in [7, 11) is 0. The number of fused-ring (bicyclic) bond motifs is 3. The van der Waals surface area contributed by atoms with Crippen LogP contribution in [0, 0.1) is 23.7 Å². The van der Waals surface area contributed by atoms with E-state index in [4.69, 9.17) is 0 Å². The summed E-state index contributed by atoms with van der Waals surface area (Å²) in [6.45, 7) is 0. The van der Waals surface area contributed by atoms with E-state index in [0.29, 0.717) is 5.78 Å². The zero-order valence-corrected chi connectivity index (χ0v) is 8.87. The average Bonchev–Trinajstić information content (AvgIpc) is 2.65. The molecule has 0 aromatic carbocycles. The molecule has 3 rings (SSSR count). The lowest BCUT2D eigenvalue weighted by Crippen LogP contribution is -2.36. The molecule has 3 fully saturated rings. The highest BCUT2D eigenvalue weighted by atomic mass is 16.1. The number of carbonyl (C=O) groups excluding carboxylic acids is 1. The first-order valence-electron chi connectivity index (χ1n) is 6.36. The van der Waals surface area contributed by atoms with Crippen LogP contribution in [0.5, 0.6) is 0 Å². The summed E-state index contributed by atoms with van der Waals surface area (Å²) in [4.78, 5) is 11.4. The van der Waals surface area contributed by atoms with Crippen molar-refractivity contribution in [2.24, 2.45) is 23.7 Å². The van der Waals surface area contributed by atoms with Crippen LogP contribution >= 0.6 is 0 Å². The van der Waals surface area contributed by atoms with E-state index in [2.05, 4.69) is 0 Å². The van der Waals surface area contributed by atoms with Crippen molar-refractivity contribution in [3.63, 3.8) is 0 Å². The second kappa shape index (κ2) is 3.36. The van der Waals surface area contributed by atoms with Crippen molar-refractivity contribution in [2.45, 2.75) is 51.4 Å². The normalized spacial score (nSPS) is 47.3. The van der Waals surface area contributed by atoms with Crippen molar-refractivity contribution >= 4 is 5.78 Å². The summed E-state index contributed by atoms with van der Waals surface area (Å²) in [5.74, 6) is 4.33. The van der Waals surface area contributed by atoms with E-state index >= 15 is 0 Å². The molecule has 0 aromatic heterocycles. The molecule has 0 aromatic rings. The molecule has 3 saturated carbocycles. The van der Waals surface area contributed by atoms with E-state index in [1.165, 1.54) is 38.5 Å². The Morgan fingerprint density at radius 1 is 0.857 bits per heavy atom. The Hall–Kier alpha value is -0.330. The second-order valence-electron chi connectivity index (χ2n) is 5.64. The van der Waals surface area contributed by atoms with Gasteiger partial charge >= 0.3 is 0 Å². The van der Waals surface area contributed by atoms with Crippen molar-refractivity contribution in [3.05, 3.63) is 0 Å². The van der Waals surface area contributed by atoms with Gasteiger partial charge in [-0.2, -0.15) is 0 Å². The lowest BCUT2D eigenvalue weighted by molar-refractivity contribution is -0.124. The topological polar surface area (TPSA) is 17.1 Å². The summed E-state index contributed by atoms with van der Waals surface area (Å²) < 4.78 is 0. The third-order valence-electron chi connectivity index (χ3n) is 5.03. The Morgan fingerprint density at radius 2 is 1.64 bits per heavy atom. The van der Waals surface area contributed by atoms with Gasteiger partial charge in [0.25, 0.3) is 0 Å². The molecular formula is C13H20O. The van der Waals surface area contributed by atoms with Gasteiger partial charge in [0.15, 0.2) is 0 Å². The fraction of sp³-hybridized carbons (Fsp3) is 0.923. The Kier molecular flexibility index (Phi) is 2.14. The van der Waals surface area contributed by atoms with Crippen LogP contribution in [0.2, 0.25) is 0 Å². The molecule has 0 N–H and O–H groups in total. The SMILES string of the molecule is O=C1CCC2C(CCC3CCC[C@@H]32)C1. The predicted molar refractivity (Wildman–Crippen MR) is 55.9 cm³/mol. The quantitative estimate of drug-likeness (QED) is 0.576. The molecule has 0 heterocycles. The molecule has 3 unspecified atom stereocenters. The molecule has 0 aliphatic heterocycles. The zero-order valence-electron chi connectivity index (χ0n) is 8.87. The van der Waals surface area contributed by atoms with Crippen LogP contribution in [0.1, 0.15) is 51.4 Å². The Morgan fingerprint density at radius 3 is 2.57 bits per heavy atom. The molecule has 0 bridgehead atoms. The molecular weight excluding hydrogens is 172 g/mol. The van der Waals surface area contributed by atoms with Crippen LogP contribution in [-0.2, 0) is 4.79 Å². The van der Waals surface area contributed by atoms with Gasteiger partial charge in [-0.3, -0.25) is 4.79 Å². The number of hydrogen-bond acceptors (Lipinski definition) is 1. The van der Waals surface area contributed by atoms with Gasteiger partial charge in [-0.1, -0.05) is 12.8 Å². The van der Waals surface area contributed by atoms with Crippen LogP contribution in [-0.4, -0.2) is 5.78 Å². The Labute approximate surface area is 86.3 Å². The standard InChI is InChI=1S/C13H20O/c14-11-6-7-13-10(8-11)5-4-9-2-1-3-12(9)13/h9-10,12-13H,1-8H2/t9?,10?,12-,13?/m0/s1. The summed E-state index contributed by atoms with van der Waals surface area (Å²) in [6, 6.07) is 0. The number of hydrogen-bond donors (Lipinski definition) is 0. The summed E-state index contributed by atoms with van der Waals surface area (Å²) in [5, 5.41) is 0. The number of ketones is 1. The van der Waals surface area contributed by atoms with Gasteiger partial charge in [-0.25, -0.2) is 0 Å². The zero-order chi connectivity index (χ0) is 9.54. The van der Waals surface area contributed by atoms with Crippen LogP contribution < -0.4 is 0 Å². The second-order valence-corrected chi connectivity index (χ2v) is 5.64. The van der Waals surface area contributed by atoms with E-state index in [-0.39, 0.29) is 0 Å². The minimum Gasteiger partial charge on any atom is -0.300 e. The van der Waals surface area contributed by atoms with E-state index < -0.39 is 0 Å². The van der Waals surface area contributed by atoms with Crippen molar-refractivity contribution in [3.8, 4) is 0 Å². The molecule has 1 heteroatoms. The van der Waals surface area contributed by atoms with Crippen molar-refractivity contribution < 1.29 is 4.79 Å². The molecule has 0 radical (unpaired) electrons. The van der Waals surface area contributed by atoms with Crippen LogP contribution in [0.4, 0.5) is 0 Å². The monoisotopic (exact) mass is 192 g/mol. The molecule has 4 atom stereocenters. The van der Waals surface area contributed by atoms with Crippen LogP contribution in [0.25, 0.3) is 0 Å². The predicted octanol–water partition coefficient (Wildman–Crippen LogP) is 3.18. The first-order valence-corrected chi connectivity index (χ1v) is 6.36. The minimum absolute atomic E-state index is 0.544. The molecule has 0 spiro atoms. The molecule has 3 aliphatic carbocycles. The van der Waals surface area contributed by atoms with Crippen molar-refractivity contribution in [2.75, 3.05) is 0 Å². The van der Waals surface area contributed by atoms with E-state index in [0.717, 1.165) is 36.5 Å². The maximum absolute atomic E-state index is 11.4. The average molecular weight is 192 g/mol. The first-order chi connectivity index (χ1) is 6.84. The van der Waals surface area contributed by atoms with Gasteiger partial charge < -0.3 is 0 Å². The number of rotatable bonds is 0. The van der Waals surface area contributed by atoms with E-state index in [1.54, 1.807) is 0 Å². The Balaban J connectivity index is 1.77. The smallest absolute Gasteiger partial charge is 0.133 e. The lowest BCUT2D eigenvalue weighted by Gasteiger charge is -2.42. The van der Waals surface area contributed by atoms with Gasteiger partial charge in [0, 0.05) is 12.8 Å². The highest BCUT2D eigenvalue weighted by Gasteiger charge is 2.43. The Bertz CT molecular complexity index is 246. The number of carbonyl (C=O) groups is 1. The van der Waals surface area contributed by atoms with Gasteiger partial charge in [-0.05, 0) is 49.4 Å². The summed E-state index contributed by atoms with van der Waals surface area (Å²) in [6.07, 6.45) is 10.3. The molecule has 14 heavy (non-hydrogen) atoms. The molecule has 0 saturated heterocycles. The van der Waals surface area contributed by atoms with Gasteiger partial charge in [-0.15, -0.1) is 0 Å². The van der Waals surface area contributed by atoms with E-state index in [1.807, 2.05) is 0 Å². The fourth-order valence-electron chi connectivity index (χ4n) is 4.40.